The summed E-state index contributed by atoms with van der Waals surface area (Å²) in [5, 5.41) is 0. The Balaban J connectivity index is 1.37. The third-order valence-corrected chi connectivity index (χ3v) is 9.45. The molecule has 222 valence electrons. The number of ether oxygens (including phenoxy) is 2. The lowest BCUT2D eigenvalue weighted by Gasteiger charge is -2.49. The summed E-state index contributed by atoms with van der Waals surface area (Å²) in [6, 6.07) is 8.43. The van der Waals surface area contributed by atoms with Gasteiger partial charge in [-0.1, -0.05) is 24.8 Å². The van der Waals surface area contributed by atoms with E-state index in [9.17, 15) is 9.18 Å². The maximum absolute atomic E-state index is 13.8. The number of hydrogen-bond donors (Lipinski definition) is 0. The van der Waals surface area contributed by atoms with Gasteiger partial charge in [0.2, 0.25) is 6.54 Å². The Hall–Kier alpha value is -3.75. The number of aromatic nitrogens is 2. The molecule has 4 aliphatic heterocycles. The van der Waals surface area contributed by atoms with E-state index in [1.165, 1.54) is 4.90 Å². The number of carbonyl (C=O) groups is 1. The minimum atomic E-state index is -1.01. The van der Waals surface area contributed by atoms with E-state index >= 15 is 0 Å². The number of rotatable bonds is 6. The number of halogens is 1. The molecule has 2 aromatic rings. The SMILES string of the molecule is [C-]#[N+]C[C@H]1CN(c2nc(OC[C@@H]3CCCN3C)nc3c2CN(C)C2(CCOc4ccccc42)C3)CCN1C(=O)C(=C)F. The Morgan fingerprint density at radius 1 is 1.24 bits per heavy atom. The van der Waals surface area contributed by atoms with Gasteiger partial charge < -0.3 is 29.0 Å². The van der Waals surface area contributed by atoms with E-state index in [0.717, 1.165) is 54.2 Å². The molecule has 4 aliphatic rings. The van der Waals surface area contributed by atoms with Crippen LogP contribution in [-0.2, 0) is 23.3 Å². The molecule has 1 aromatic carbocycles. The molecule has 6 rings (SSSR count). The Bertz CT molecular complexity index is 1410. The predicted molar refractivity (Wildman–Crippen MR) is 156 cm³/mol. The number of hydrogen-bond acceptors (Lipinski definition) is 8. The minimum Gasteiger partial charge on any atom is -0.493 e. The number of carbonyl (C=O) groups excluding carboxylic acids is 1. The van der Waals surface area contributed by atoms with Gasteiger partial charge >= 0.3 is 6.01 Å². The van der Waals surface area contributed by atoms with Gasteiger partial charge in [0.1, 0.15) is 24.2 Å². The van der Waals surface area contributed by atoms with Crippen molar-refractivity contribution in [3.8, 4) is 11.8 Å². The summed E-state index contributed by atoms with van der Waals surface area (Å²) in [6.07, 6.45) is 3.74. The first-order valence-electron chi connectivity index (χ1n) is 14.7. The largest absolute Gasteiger partial charge is 0.493 e. The highest BCUT2D eigenvalue weighted by Gasteiger charge is 2.46. The zero-order valence-electron chi connectivity index (χ0n) is 24.4. The van der Waals surface area contributed by atoms with E-state index in [0.29, 0.717) is 51.3 Å². The topological polar surface area (TPSA) is 78.6 Å². The number of para-hydroxylation sites is 1. The molecule has 42 heavy (non-hydrogen) atoms. The molecular weight excluding hydrogens is 537 g/mol. The maximum atomic E-state index is 13.8. The van der Waals surface area contributed by atoms with Crippen LogP contribution in [0.1, 0.15) is 36.1 Å². The highest BCUT2D eigenvalue weighted by Crippen LogP contribution is 2.47. The molecule has 1 aromatic heterocycles. The zero-order valence-corrected chi connectivity index (χ0v) is 24.4. The number of likely N-dealkylation sites (tertiary alicyclic amines) is 1. The van der Waals surface area contributed by atoms with Gasteiger partial charge in [0, 0.05) is 56.2 Å². The van der Waals surface area contributed by atoms with Gasteiger partial charge in [-0.05, 0) is 39.5 Å². The summed E-state index contributed by atoms with van der Waals surface area (Å²) < 4.78 is 26.1. The average molecular weight is 576 g/mol. The van der Waals surface area contributed by atoms with E-state index in [2.05, 4.69) is 52.4 Å². The van der Waals surface area contributed by atoms with Crippen molar-refractivity contribution in [3.63, 3.8) is 0 Å². The lowest BCUT2D eigenvalue weighted by molar-refractivity contribution is -0.131. The van der Waals surface area contributed by atoms with Gasteiger partial charge in [-0.2, -0.15) is 9.97 Å². The quantitative estimate of drug-likeness (QED) is 0.384. The van der Waals surface area contributed by atoms with Crippen molar-refractivity contribution in [1.29, 1.82) is 0 Å². The molecule has 2 fully saturated rings. The molecule has 0 saturated carbocycles. The molecular formula is C31H38FN7O3. The molecule has 0 aliphatic carbocycles. The number of nitrogens with zero attached hydrogens (tertiary/aromatic N) is 7. The fraction of sp³-hybridized carbons (Fsp3) is 0.548. The van der Waals surface area contributed by atoms with Crippen LogP contribution in [0, 0.1) is 6.57 Å². The Morgan fingerprint density at radius 2 is 2.07 bits per heavy atom. The lowest BCUT2D eigenvalue weighted by atomic mass is 9.76. The van der Waals surface area contributed by atoms with Crippen LogP contribution in [0.4, 0.5) is 10.2 Å². The van der Waals surface area contributed by atoms with Gasteiger partial charge in [-0.3, -0.25) is 9.69 Å². The van der Waals surface area contributed by atoms with Crippen molar-refractivity contribution in [2.75, 3.05) is 64.9 Å². The van der Waals surface area contributed by atoms with Crippen LogP contribution in [-0.4, -0.2) is 103 Å². The first-order chi connectivity index (χ1) is 20.3. The molecule has 0 bridgehead atoms. The fourth-order valence-electron chi connectivity index (χ4n) is 7.04. The summed E-state index contributed by atoms with van der Waals surface area (Å²) >= 11 is 0. The second-order valence-corrected chi connectivity index (χ2v) is 11.8. The molecule has 1 amide bonds. The van der Waals surface area contributed by atoms with Crippen molar-refractivity contribution in [1.82, 2.24) is 24.7 Å². The smallest absolute Gasteiger partial charge is 0.318 e. The summed E-state index contributed by atoms with van der Waals surface area (Å²) in [6.45, 7) is 14.6. The fourth-order valence-corrected chi connectivity index (χ4v) is 7.04. The number of fused-ring (bicyclic) bond motifs is 3. The van der Waals surface area contributed by atoms with Gasteiger partial charge in [0.15, 0.2) is 5.83 Å². The standard InChI is InChI=1S/C31H38FN7O3/c1-21(32)29(40)39-14-13-38(18-23(39)17-33-2)28-24-19-37(4)31(11-15-41-27-10-6-5-9-25(27)31)16-26(24)34-30(35-28)42-20-22-8-7-12-36(22)3/h5-6,9-10,22-23H,1,7-8,11-20H2,3-4H3/t22-,23-,31?/m0/s1. The lowest BCUT2D eigenvalue weighted by Crippen LogP contribution is -2.57. The van der Waals surface area contributed by atoms with Gasteiger partial charge in [-0.15, -0.1) is 0 Å². The number of likely N-dealkylation sites (N-methyl/N-ethyl adjacent to an activating group) is 2. The molecule has 1 unspecified atom stereocenters. The first-order valence-corrected chi connectivity index (χ1v) is 14.7. The molecule has 1 spiro atoms. The summed E-state index contributed by atoms with van der Waals surface area (Å²) in [4.78, 5) is 34.3. The number of amides is 1. The van der Waals surface area contributed by atoms with Crippen molar-refractivity contribution >= 4 is 11.7 Å². The van der Waals surface area contributed by atoms with E-state index < -0.39 is 17.8 Å². The van der Waals surface area contributed by atoms with Crippen LogP contribution in [0.5, 0.6) is 11.8 Å². The third kappa shape index (κ3) is 5.07. The summed E-state index contributed by atoms with van der Waals surface area (Å²) in [5.74, 6) is -0.0871. The second-order valence-electron chi connectivity index (χ2n) is 11.8. The van der Waals surface area contributed by atoms with Crippen LogP contribution < -0.4 is 14.4 Å². The molecule has 5 heterocycles. The van der Waals surface area contributed by atoms with E-state index in [4.69, 9.17) is 26.0 Å². The van der Waals surface area contributed by atoms with E-state index in [-0.39, 0.29) is 18.6 Å². The van der Waals surface area contributed by atoms with Gasteiger partial charge in [0.25, 0.3) is 5.91 Å². The van der Waals surface area contributed by atoms with Gasteiger partial charge in [-0.25, -0.2) is 11.0 Å². The molecule has 2 saturated heterocycles. The maximum Gasteiger partial charge on any atom is 0.318 e. The monoisotopic (exact) mass is 575 g/mol. The number of piperazine rings is 1. The molecule has 0 N–H and O–H groups in total. The number of benzene rings is 1. The van der Waals surface area contributed by atoms with Crippen molar-refractivity contribution in [2.24, 2.45) is 0 Å². The predicted octanol–water partition coefficient (Wildman–Crippen LogP) is 3.04. The molecule has 3 atom stereocenters. The Labute approximate surface area is 246 Å². The normalized spacial score (nSPS) is 25.9. The first kappa shape index (κ1) is 28.4. The highest BCUT2D eigenvalue weighted by molar-refractivity contribution is 5.91. The van der Waals surface area contributed by atoms with Crippen LogP contribution in [0.25, 0.3) is 4.85 Å². The molecule has 0 radical (unpaired) electrons. The summed E-state index contributed by atoms with van der Waals surface area (Å²) in [5.41, 5.74) is 2.86. The third-order valence-electron chi connectivity index (χ3n) is 9.45. The van der Waals surface area contributed by atoms with Gasteiger partial charge in [0.05, 0.1) is 17.8 Å². The minimum absolute atomic E-state index is 0.0694. The van der Waals surface area contributed by atoms with Crippen molar-refractivity contribution in [3.05, 3.63) is 64.9 Å². The zero-order chi connectivity index (χ0) is 29.4. The van der Waals surface area contributed by atoms with E-state index in [1.807, 2.05) is 12.1 Å². The van der Waals surface area contributed by atoms with Crippen LogP contribution in [0.3, 0.4) is 0 Å². The second kappa shape index (κ2) is 11.5. The highest BCUT2D eigenvalue weighted by atomic mass is 19.1. The Kier molecular flexibility index (Phi) is 7.77. The number of anilines is 1. The van der Waals surface area contributed by atoms with Crippen molar-refractivity contribution in [2.45, 2.75) is 49.9 Å². The van der Waals surface area contributed by atoms with E-state index in [1.54, 1.807) is 0 Å². The molecule has 10 nitrogen and oxygen atoms in total. The molecule has 11 heteroatoms. The average Bonchev–Trinajstić information content (AvgIpc) is 3.40. The Morgan fingerprint density at radius 3 is 2.83 bits per heavy atom. The van der Waals surface area contributed by atoms with Crippen LogP contribution >= 0.6 is 0 Å². The van der Waals surface area contributed by atoms with Crippen molar-refractivity contribution < 1.29 is 18.7 Å². The van der Waals surface area contributed by atoms with Crippen LogP contribution in [0.2, 0.25) is 0 Å². The summed E-state index contributed by atoms with van der Waals surface area (Å²) in [7, 11) is 4.26. The van der Waals surface area contributed by atoms with Crippen LogP contribution in [0.15, 0.2) is 36.7 Å².